The van der Waals surface area contributed by atoms with E-state index in [9.17, 15) is 12.8 Å². The molecule has 4 rings (SSSR count). The molecule has 1 aliphatic rings. The summed E-state index contributed by atoms with van der Waals surface area (Å²) in [6.45, 7) is 0.639. The van der Waals surface area contributed by atoms with Gasteiger partial charge >= 0.3 is 0 Å². The number of hydrogen-bond acceptors (Lipinski definition) is 5. The normalized spacial score (nSPS) is 16.2. The molecule has 1 aliphatic heterocycles. The fraction of sp³-hybridized carbons (Fsp3) is 0.167. The Morgan fingerprint density at radius 2 is 1.81 bits per heavy atom. The van der Waals surface area contributed by atoms with Crippen molar-refractivity contribution in [1.82, 2.24) is 14.5 Å². The standard InChI is InChI=1S/C24H24ClFN6O2S2/c25-19-8-12-21(13-9-19)35-31-24(28-14-15-29-36(27,33)34)32-16-22(17-4-2-1-3-5-17)23(30-32)18-6-10-20(26)11-7-18/h1-13,22,29H,14-16H2,(H,28,31)(H2,27,33,34)/t22-/m0/s1. The number of hydrogen-bond donors (Lipinski definition) is 3. The maximum Gasteiger partial charge on any atom is 0.274 e. The van der Waals surface area contributed by atoms with E-state index in [1.165, 1.54) is 24.1 Å². The van der Waals surface area contributed by atoms with Gasteiger partial charge in [0.25, 0.3) is 10.2 Å². The second-order valence-corrected chi connectivity index (χ2v) is 10.5. The van der Waals surface area contributed by atoms with Crippen LogP contribution in [0.25, 0.3) is 0 Å². The van der Waals surface area contributed by atoms with Gasteiger partial charge < -0.3 is 0 Å². The number of halogens is 2. The van der Waals surface area contributed by atoms with Crippen LogP contribution in [0.1, 0.15) is 17.0 Å². The number of nitrogens with zero attached hydrogens (tertiary/aromatic N) is 3. The number of rotatable bonds is 8. The minimum Gasteiger partial charge on any atom is -0.295 e. The molecule has 0 aliphatic carbocycles. The van der Waals surface area contributed by atoms with Gasteiger partial charge in [0.1, 0.15) is 5.82 Å². The van der Waals surface area contributed by atoms with E-state index < -0.39 is 10.2 Å². The highest BCUT2D eigenvalue weighted by Crippen LogP contribution is 2.29. The average molecular weight is 547 g/mol. The molecule has 0 fully saturated rings. The van der Waals surface area contributed by atoms with Crippen LogP contribution in [0.4, 0.5) is 4.39 Å². The summed E-state index contributed by atoms with van der Waals surface area (Å²) in [5, 5.41) is 12.2. The summed E-state index contributed by atoms with van der Waals surface area (Å²) in [7, 11) is -3.82. The van der Waals surface area contributed by atoms with Gasteiger partial charge in [0, 0.05) is 22.4 Å². The molecule has 0 spiro atoms. The van der Waals surface area contributed by atoms with Crippen molar-refractivity contribution in [2.45, 2.75) is 10.8 Å². The molecule has 3 aromatic carbocycles. The first kappa shape index (κ1) is 26.1. The van der Waals surface area contributed by atoms with Crippen LogP contribution in [-0.4, -0.2) is 44.7 Å². The van der Waals surface area contributed by atoms with Crippen molar-refractivity contribution in [3.63, 3.8) is 0 Å². The highest BCUT2D eigenvalue weighted by atomic mass is 35.5. The van der Waals surface area contributed by atoms with Gasteiger partial charge in [-0.3, -0.25) is 4.72 Å². The zero-order valence-electron chi connectivity index (χ0n) is 19.0. The predicted molar refractivity (Wildman–Crippen MR) is 143 cm³/mol. The quantitative estimate of drug-likeness (QED) is 0.172. The molecule has 1 atom stereocenters. The van der Waals surface area contributed by atoms with Crippen molar-refractivity contribution in [3.05, 3.63) is 101 Å². The molecule has 1 heterocycles. The SMILES string of the molecule is NS(=O)(=O)NCCN=C(NSc1ccc(Cl)cc1)N1C[C@@H](c2ccccc2)C(c2ccc(F)cc2)=N1. The molecule has 3 aromatic rings. The first-order chi connectivity index (χ1) is 17.3. The molecular formula is C24H24ClFN6O2S2. The molecule has 0 saturated carbocycles. The van der Waals surface area contributed by atoms with E-state index in [-0.39, 0.29) is 24.8 Å². The summed E-state index contributed by atoms with van der Waals surface area (Å²) in [6, 6.07) is 23.4. The summed E-state index contributed by atoms with van der Waals surface area (Å²) < 4.78 is 41.5. The van der Waals surface area contributed by atoms with Crippen molar-refractivity contribution >= 4 is 45.4 Å². The maximum atomic E-state index is 13.6. The number of nitrogens with two attached hydrogens (primary N) is 1. The van der Waals surface area contributed by atoms with Gasteiger partial charge in [-0.1, -0.05) is 54.1 Å². The molecule has 36 heavy (non-hydrogen) atoms. The van der Waals surface area contributed by atoms with Crippen LogP contribution in [0.15, 0.2) is 93.9 Å². The van der Waals surface area contributed by atoms with Crippen molar-refractivity contribution in [2.75, 3.05) is 19.6 Å². The third kappa shape index (κ3) is 7.28. The number of nitrogens with one attached hydrogen (secondary N) is 2. The predicted octanol–water partition coefficient (Wildman–Crippen LogP) is 3.73. The highest BCUT2D eigenvalue weighted by Gasteiger charge is 2.31. The lowest BCUT2D eigenvalue weighted by Gasteiger charge is -2.19. The van der Waals surface area contributed by atoms with Gasteiger partial charge in [0.05, 0.1) is 18.8 Å². The molecule has 188 valence electrons. The summed E-state index contributed by atoms with van der Waals surface area (Å²) >= 11 is 7.31. The number of benzene rings is 3. The molecule has 8 nitrogen and oxygen atoms in total. The van der Waals surface area contributed by atoms with E-state index in [1.807, 2.05) is 42.5 Å². The molecule has 12 heteroatoms. The Morgan fingerprint density at radius 1 is 1.11 bits per heavy atom. The zero-order valence-corrected chi connectivity index (χ0v) is 21.4. The van der Waals surface area contributed by atoms with Crippen molar-refractivity contribution < 1.29 is 12.8 Å². The van der Waals surface area contributed by atoms with Gasteiger partial charge in [-0.15, -0.1) is 0 Å². The topological polar surface area (TPSA) is 112 Å². The fourth-order valence-corrected chi connectivity index (χ4v) is 4.74. The van der Waals surface area contributed by atoms with Crippen molar-refractivity contribution in [3.8, 4) is 0 Å². The monoisotopic (exact) mass is 546 g/mol. The molecular weight excluding hydrogens is 523 g/mol. The van der Waals surface area contributed by atoms with Crippen LogP contribution in [0, 0.1) is 5.82 Å². The summed E-state index contributed by atoms with van der Waals surface area (Å²) in [6.07, 6.45) is 0. The molecule has 4 N–H and O–H groups in total. The van der Waals surface area contributed by atoms with Crippen LogP contribution >= 0.6 is 23.5 Å². The second-order valence-electron chi connectivity index (χ2n) is 7.84. The van der Waals surface area contributed by atoms with Crippen molar-refractivity contribution in [1.29, 1.82) is 0 Å². The number of aliphatic imine (C=N–C) groups is 1. The first-order valence-corrected chi connectivity index (χ1v) is 13.7. The highest BCUT2D eigenvalue weighted by molar-refractivity contribution is 7.98. The average Bonchev–Trinajstić information content (AvgIpc) is 3.30. The second kappa shape index (κ2) is 11.8. The van der Waals surface area contributed by atoms with E-state index in [4.69, 9.17) is 21.8 Å². The van der Waals surface area contributed by atoms with Gasteiger partial charge in [0.2, 0.25) is 5.96 Å². The molecule has 0 saturated heterocycles. The lowest BCUT2D eigenvalue weighted by molar-refractivity contribution is 0.463. The van der Waals surface area contributed by atoms with Crippen LogP contribution in [0.2, 0.25) is 5.02 Å². The number of hydrazone groups is 1. The van der Waals surface area contributed by atoms with Gasteiger partial charge in [-0.05, 0) is 59.5 Å². The molecule has 0 radical (unpaired) electrons. The van der Waals surface area contributed by atoms with Gasteiger partial charge in [0.15, 0.2) is 0 Å². The van der Waals surface area contributed by atoms with Crippen LogP contribution in [0.5, 0.6) is 0 Å². The Morgan fingerprint density at radius 3 is 2.47 bits per heavy atom. The van der Waals surface area contributed by atoms with Crippen molar-refractivity contribution in [2.24, 2.45) is 15.2 Å². The third-order valence-corrected chi connectivity index (χ3v) is 6.90. The molecule has 0 aromatic heterocycles. The molecule has 0 unspecified atom stereocenters. The molecule has 0 bridgehead atoms. The van der Waals surface area contributed by atoms with E-state index in [0.29, 0.717) is 17.5 Å². The minimum absolute atomic E-state index is 0.0279. The third-order valence-electron chi connectivity index (χ3n) is 5.25. The lowest BCUT2D eigenvalue weighted by Crippen LogP contribution is -2.36. The maximum absolute atomic E-state index is 13.6. The van der Waals surface area contributed by atoms with E-state index in [0.717, 1.165) is 21.7 Å². The van der Waals surface area contributed by atoms with E-state index in [1.54, 1.807) is 29.3 Å². The Labute approximate surface area is 218 Å². The smallest absolute Gasteiger partial charge is 0.274 e. The van der Waals surface area contributed by atoms with Crippen LogP contribution in [0.3, 0.4) is 0 Å². The summed E-state index contributed by atoms with van der Waals surface area (Å²) in [5.41, 5.74) is 2.63. The largest absolute Gasteiger partial charge is 0.295 e. The zero-order chi connectivity index (χ0) is 25.5. The fourth-order valence-electron chi connectivity index (χ4n) is 3.59. The Balaban J connectivity index is 1.62. The number of guanidine groups is 1. The van der Waals surface area contributed by atoms with E-state index >= 15 is 0 Å². The lowest BCUT2D eigenvalue weighted by atomic mass is 9.91. The summed E-state index contributed by atoms with van der Waals surface area (Å²) in [4.78, 5) is 5.45. The summed E-state index contributed by atoms with van der Waals surface area (Å²) in [5.74, 6) is 0.0204. The van der Waals surface area contributed by atoms with Gasteiger partial charge in [-0.2, -0.15) is 13.5 Å². The minimum atomic E-state index is -3.82. The Bertz CT molecular complexity index is 1340. The van der Waals surface area contributed by atoms with Crippen LogP contribution < -0.4 is 14.6 Å². The first-order valence-electron chi connectivity index (χ1n) is 11.0. The van der Waals surface area contributed by atoms with E-state index in [2.05, 4.69) is 14.4 Å². The van der Waals surface area contributed by atoms with Gasteiger partial charge in [-0.25, -0.2) is 24.3 Å². The Hall–Kier alpha value is -2.96. The van der Waals surface area contributed by atoms with Crippen LogP contribution in [-0.2, 0) is 10.2 Å². The Kier molecular flexibility index (Phi) is 8.60. The molecule has 0 amide bonds.